The van der Waals surface area contributed by atoms with Crippen molar-refractivity contribution in [2.75, 3.05) is 37.0 Å². The van der Waals surface area contributed by atoms with E-state index in [0.717, 1.165) is 42.3 Å². The molecule has 0 spiro atoms. The minimum Gasteiger partial charge on any atom is -0.496 e. The lowest BCUT2D eigenvalue weighted by Crippen LogP contribution is -2.54. The Labute approximate surface area is 200 Å². The van der Waals surface area contributed by atoms with Gasteiger partial charge < -0.3 is 15.0 Å². The van der Waals surface area contributed by atoms with E-state index >= 15 is 0 Å². The molecule has 2 N–H and O–H groups in total. The second-order valence-electron chi connectivity index (χ2n) is 8.20. The molecule has 0 aliphatic carbocycles. The van der Waals surface area contributed by atoms with Gasteiger partial charge in [0.1, 0.15) is 17.6 Å². The number of benzene rings is 1. The van der Waals surface area contributed by atoms with E-state index in [1.165, 1.54) is 12.4 Å². The van der Waals surface area contributed by atoms with Crippen molar-refractivity contribution in [2.24, 2.45) is 0 Å². The van der Waals surface area contributed by atoms with Gasteiger partial charge in [0.05, 0.1) is 25.2 Å². The lowest BCUT2D eigenvalue weighted by atomic mass is 10.1. The summed E-state index contributed by atoms with van der Waals surface area (Å²) in [6.07, 6.45) is 2.92. The van der Waals surface area contributed by atoms with Gasteiger partial charge in [-0.2, -0.15) is 10.4 Å². The summed E-state index contributed by atoms with van der Waals surface area (Å²) >= 11 is 0. The summed E-state index contributed by atoms with van der Waals surface area (Å²) < 4.78 is 5.71. The first-order chi connectivity index (χ1) is 15.5. The first-order valence-corrected chi connectivity index (χ1v) is 10.7. The summed E-state index contributed by atoms with van der Waals surface area (Å²) in [5.41, 5.74) is 3.18. The number of aromatic amines is 1. The lowest BCUT2D eigenvalue weighted by molar-refractivity contribution is 0.148. The fourth-order valence-corrected chi connectivity index (χ4v) is 4.18. The highest BCUT2D eigenvalue weighted by Crippen LogP contribution is 2.34. The molecule has 1 aliphatic heterocycles. The Morgan fingerprint density at radius 2 is 2.00 bits per heavy atom. The van der Waals surface area contributed by atoms with Crippen molar-refractivity contribution >= 4 is 29.7 Å². The molecule has 1 saturated heterocycles. The monoisotopic (exact) mass is 468 g/mol. The maximum atomic E-state index is 8.84. The number of nitrogens with zero attached hydrogens (tertiary/aromatic N) is 6. The Balaban J connectivity index is 0.00000306. The van der Waals surface area contributed by atoms with Crippen molar-refractivity contribution in [1.29, 1.82) is 5.26 Å². The lowest BCUT2D eigenvalue weighted by Gasteiger charge is -2.43. The van der Waals surface area contributed by atoms with E-state index in [2.05, 4.69) is 74.3 Å². The molecule has 0 radical (unpaired) electrons. The predicted molar refractivity (Wildman–Crippen MR) is 131 cm³/mol. The van der Waals surface area contributed by atoms with Crippen LogP contribution in [0.3, 0.4) is 0 Å². The van der Waals surface area contributed by atoms with E-state index in [0.29, 0.717) is 23.7 Å². The van der Waals surface area contributed by atoms with Crippen molar-refractivity contribution in [3.8, 4) is 23.1 Å². The van der Waals surface area contributed by atoms with Crippen molar-refractivity contribution < 1.29 is 4.74 Å². The molecule has 4 rings (SSSR count). The zero-order chi connectivity index (χ0) is 22.7. The molecule has 1 fully saturated rings. The van der Waals surface area contributed by atoms with E-state index in [1.54, 1.807) is 7.11 Å². The van der Waals surface area contributed by atoms with Crippen LogP contribution in [0.1, 0.15) is 26.5 Å². The Kier molecular flexibility index (Phi) is 7.74. The number of nitriles is 1. The average Bonchev–Trinajstić information content (AvgIpc) is 3.27. The van der Waals surface area contributed by atoms with Gasteiger partial charge in [0.2, 0.25) is 0 Å². The number of halogens is 1. The third-order valence-corrected chi connectivity index (χ3v) is 5.78. The molecule has 0 amide bonds. The van der Waals surface area contributed by atoms with E-state index in [4.69, 9.17) is 10.00 Å². The number of hydrogen-bond acceptors (Lipinski definition) is 8. The molecule has 1 aliphatic rings. The molecular weight excluding hydrogens is 440 g/mol. The molecule has 2 aromatic heterocycles. The largest absolute Gasteiger partial charge is 0.496 e. The van der Waals surface area contributed by atoms with Crippen LogP contribution < -0.4 is 15.0 Å². The third-order valence-electron chi connectivity index (χ3n) is 5.78. The van der Waals surface area contributed by atoms with Crippen LogP contribution in [-0.4, -0.2) is 63.9 Å². The van der Waals surface area contributed by atoms with Crippen molar-refractivity contribution in [1.82, 2.24) is 25.1 Å². The molecule has 10 heteroatoms. The molecule has 33 heavy (non-hydrogen) atoms. The number of aromatic nitrogens is 4. The van der Waals surface area contributed by atoms with Crippen LogP contribution in [0.25, 0.3) is 11.3 Å². The summed E-state index contributed by atoms with van der Waals surface area (Å²) in [4.78, 5) is 13.1. The van der Waals surface area contributed by atoms with Gasteiger partial charge in [0, 0.05) is 55.1 Å². The van der Waals surface area contributed by atoms with Crippen molar-refractivity contribution in [2.45, 2.75) is 32.9 Å². The number of piperazine rings is 1. The number of rotatable bonds is 6. The highest BCUT2D eigenvalue weighted by molar-refractivity contribution is 5.85. The molecule has 1 aromatic carbocycles. The molecule has 0 saturated carbocycles. The van der Waals surface area contributed by atoms with Gasteiger partial charge >= 0.3 is 0 Å². The predicted octanol–water partition coefficient (Wildman–Crippen LogP) is 3.83. The van der Waals surface area contributed by atoms with E-state index in [-0.39, 0.29) is 18.1 Å². The number of methoxy groups -OCH3 is 1. The van der Waals surface area contributed by atoms with Crippen LogP contribution in [0.4, 0.5) is 17.3 Å². The Bertz CT molecular complexity index is 1110. The first kappa shape index (κ1) is 24.3. The van der Waals surface area contributed by atoms with Crippen LogP contribution in [0.15, 0.2) is 36.7 Å². The highest BCUT2D eigenvalue weighted by Gasteiger charge is 2.26. The fourth-order valence-electron chi connectivity index (χ4n) is 4.18. The smallest absolute Gasteiger partial charge is 0.158 e. The summed E-state index contributed by atoms with van der Waals surface area (Å²) in [5.74, 6) is 1.90. The van der Waals surface area contributed by atoms with Crippen LogP contribution in [0.2, 0.25) is 0 Å². The number of nitrogens with one attached hydrogen (secondary N) is 2. The standard InChI is InChI=1S/C23H28N8O.ClH/c1-15(2)31-8-7-30(14-16(31)3)18-5-6-19(21(9-18)32-4)20-10-22(29-28-20)27-23-13-25-17(11-24)12-26-23;/h5-6,9-10,12-13,15-16H,7-8,14H2,1-4H3,(H2,26,27,28,29);1H/t16-;/m1./s1. The van der Waals surface area contributed by atoms with Gasteiger partial charge in [-0.25, -0.2) is 9.97 Å². The van der Waals surface area contributed by atoms with Crippen LogP contribution in [0, 0.1) is 11.3 Å². The molecule has 9 nitrogen and oxygen atoms in total. The first-order valence-electron chi connectivity index (χ1n) is 10.7. The second-order valence-corrected chi connectivity index (χ2v) is 8.20. The second kappa shape index (κ2) is 10.5. The van der Waals surface area contributed by atoms with Gasteiger partial charge in [-0.15, -0.1) is 12.4 Å². The zero-order valence-corrected chi connectivity index (χ0v) is 20.1. The van der Waals surface area contributed by atoms with Gasteiger partial charge in [-0.1, -0.05) is 0 Å². The van der Waals surface area contributed by atoms with Crippen molar-refractivity contribution in [3.05, 3.63) is 42.4 Å². The normalized spacial score (nSPS) is 16.2. The molecule has 174 valence electrons. The van der Waals surface area contributed by atoms with Crippen LogP contribution in [0.5, 0.6) is 5.75 Å². The van der Waals surface area contributed by atoms with Gasteiger partial charge in [-0.05, 0) is 32.9 Å². The number of anilines is 3. The maximum absolute atomic E-state index is 8.84. The van der Waals surface area contributed by atoms with E-state index in [9.17, 15) is 0 Å². The SMILES string of the molecule is COc1cc(N2CCN(C(C)C)[C@H](C)C2)ccc1-c1cc(Nc2cnc(C#N)cn2)n[nH]1.Cl. The molecule has 3 heterocycles. The molecular formula is C23H29ClN8O. The summed E-state index contributed by atoms with van der Waals surface area (Å²) in [5, 5.41) is 19.3. The zero-order valence-electron chi connectivity index (χ0n) is 19.2. The average molecular weight is 469 g/mol. The molecule has 0 unspecified atom stereocenters. The summed E-state index contributed by atoms with van der Waals surface area (Å²) in [6, 6.07) is 11.2. The Morgan fingerprint density at radius 1 is 1.18 bits per heavy atom. The van der Waals surface area contributed by atoms with Gasteiger partial charge in [0.15, 0.2) is 11.5 Å². The van der Waals surface area contributed by atoms with Crippen molar-refractivity contribution in [3.63, 3.8) is 0 Å². The minimum absolute atomic E-state index is 0. The van der Waals surface area contributed by atoms with E-state index < -0.39 is 0 Å². The van der Waals surface area contributed by atoms with E-state index in [1.807, 2.05) is 12.1 Å². The third kappa shape index (κ3) is 5.35. The molecule has 3 aromatic rings. The number of H-pyrrole nitrogens is 1. The minimum atomic E-state index is 0. The van der Waals surface area contributed by atoms with Gasteiger partial charge in [-0.3, -0.25) is 10.00 Å². The van der Waals surface area contributed by atoms with Crippen LogP contribution >= 0.6 is 12.4 Å². The topological polar surface area (TPSA) is 106 Å². The summed E-state index contributed by atoms with van der Waals surface area (Å²) in [6.45, 7) is 9.84. The van der Waals surface area contributed by atoms with Gasteiger partial charge in [0.25, 0.3) is 0 Å². The van der Waals surface area contributed by atoms with Crippen LogP contribution in [-0.2, 0) is 0 Å². The molecule has 0 bridgehead atoms. The number of hydrogen-bond donors (Lipinski definition) is 2. The fraction of sp³-hybridized carbons (Fsp3) is 0.391. The molecule has 1 atom stereocenters. The summed E-state index contributed by atoms with van der Waals surface area (Å²) in [7, 11) is 1.68. The Morgan fingerprint density at radius 3 is 2.64 bits per heavy atom. The maximum Gasteiger partial charge on any atom is 0.158 e. The number of ether oxygens (including phenoxy) is 1. The highest BCUT2D eigenvalue weighted by atomic mass is 35.5. The quantitative estimate of drug-likeness (QED) is 0.562. The Hall–Kier alpha value is -3.35.